The van der Waals surface area contributed by atoms with E-state index < -0.39 is 17.8 Å². The van der Waals surface area contributed by atoms with Gasteiger partial charge in [-0.1, -0.05) is 18.9 Å². The molecule has 3 heterocycles. The highest BCUT2D eigenvalue weighted by molar-refractivity contribution is 7.12. The van der Waals surface area contributed by atoms with Gasteiger partial charge in [-0.2, -0.15) is 0 Å². The number of hydrogen-bond acceptors (Lipinski definition) is 6. The van der Waals surface area contributed by atoms with E-state index >= 15 is 0 Å². The lowest BCUT2D eigenvalue weighted by molar-refractivity contribution is -0.144. The minimum atomic E-state index is -0.732. The first kappa shape index (κ1) is 18.1. The summed E-state index contributed by atoms with van der Waals surface area (Å²) in [6, 6.07) is 3.03. The Kier molecular flexibility index (Phi) is 4.96. The lowest BCUT2D eigenvalue weighted by Crippen LogP contribution is -2.52. The van der Waals surface area contributed by atoms with Gasteiger partial charge < -0.3 is 4.90 Å². The number of urea groups is 1. The van der Waals surface area contributed by atoms with Crippen LogP contribution < -0.4 is 0 Å². The molecule has 1 saturated carbocycles. The molecule has 1 aliphatic carbocycles. The van der Waals surface area contributed by atoms with E-state index in [4.69, 9.17) is 0 Å². The number of thiophene rings is 1. The van der Waals surface area contributed by atoms with E-state index in [1.807, 2.05) is 22.4 Å². The zero-order valence-electron chi connectivity index (χ0n) is 15.0. The number of rotatable bonds is 4. The molecule has 2 saturated heterocycles. The van der Waals surface area contributed by atoms with Crippen LogP contribution in [0.4, 0.5) is 4.79 Å². The summed E-state index contributed by atoms with van der Waals surface area (Å²) < 4.78 is 0. The summed E-state index contributed by atoms with van der Waals surface area (Å²) >= 11 is 1.42. The van der Waals surface area contributed by atoms with Crippen molar-refractivity contribution in [3.8, 4) is 0 Å². The number of carbonyl (C=O) groups is 4. The highest BCUT2D eigenvalue weighted by Gasteiger charge is 2.48. The summed E-state index contributed by atoms with van der Waals surface area (Å²) in [5, 5.41) is 1.88. The molecular formula is C18H22N4O4S. The first-order valence-electron chi connectivity index (χ1n) is 9.30. The predicted molar refractivity (Wildman–Crippen MR) is 98.0 cm³/mol. The van der Waals surface area contributed by atoms with Crippen molar-refractivity contribution in [3.05, 3.63) is 22.4 Å². The Morgan fingerprint density at radius 2 is 1.74 bits per heavy atom. The fourth-order valence-corrected chi connectivity index (χ4v) is 4.67. The number of piperazine rings is 1. The Labute approximate surface area is 161 Å². The van der Waals surface area contributed by atoms with Gasteiger partial charge in [0.1, 0.15) is 0 Å². The molecule has 1 aromatic rings. The lowest BCUT2D eigenvalue weighted by Gasteiger charge is -2.35. The van der Waals surface area contributed by atoms with E-state index in [0.29, 0.717) is 31.1 Å². The summed E-state index contributed by atoms with van der Waals surface area (Å²) in [6.45, 7) is 2.30. The molecule has 8 nitrogen and oxygen atoms in total. The third-order valence-electron chi connectivity index (χ3n) is 5.51. The van der Waals surface area contributed by atoms with E-state index in [1.54, 1.807) is 4.90 Å². The smallest absolute Gasteiger partial charge is 0.335 e. The topological polar surface area (TPSA) is 81.2 Å². The van der Waals surface area contributed by atoms with Gasteiger partial charge in [0.05, 0.1) is 11.5 Å². The van der Waals surface area contributed by atoms with Crippen molar-refractivity contribution < 1.29 is 19.2 Å². The fraction of sp³-hybridized carbons (Fsp3) is 0.556. The molecule has 1 aromatic heterocycles. The van der Waals surface area contributed by atoms with Crippen LogP contribution in [-0.4, -0.2) is 82.2 Å². The number of nitrogens with zero attached hydrogens (tertiary/aromatic N) is 4. The lowest BCUT2D eigenvalue weighted by atomic mass is 10.2. The quantitative estimate of drug-likeness (QED) is 0.570. The molecule has 4 rings (SSSR count). The Hall–Kier alpha value is -2.26. The van der Waals surface area contributed by atoms with Crippen LogP contribution in [-0.2, 0) is 9.59 Å². The molecule has 0 atom stereocenters. The number of hydrogen-bond donors (Lipinski definition) is 0. The largest absolute Gasteiger partial charge is 0.335 e. The minimum Gasteiger partial charge on any atom is -0.335 e. The van der Waals surface area contributed by atoms with Gasteiger partial charge in [-0.15, -0.1) is 11.3 Å². The standard InChI is InChI=1S/C18H22N4O4S/c23-15(14-6-3-11-27-14)20-9-7-19(8-10-20)12-21-16(24)17(25)22(18(21)26)13-4-1-2-5-13/h3,6,11,13H,1-2,4-5,7-10,12H2. The molecule has 9 heteroatoms. The second-order valence-corrected chi connectivity index (χ2v) is 8.11. The van der Waals surface area contributed by atoms with Crippen molar-refractivity contribution >= 4 is 35.1 Å². The van der Waals surface area contributed by atoms with Gasteiger partial charge in [0.15, 0.2) is 0 Å². The van der Waals surface area contributed by atoms with Crippen LogP contribution in [0.15, 0.2) is 17.5 Å². The van der Waals surface area contributed by atoms with Crippen LogP contribution in [0.25, 0.3) is 0 Å². The number of carbonyl (C=O) groups excluding carboxylic acids is 4. The third kappa shape index (κ3) is 3.37. The molecule has 0 radical (unpaired) electrons. The second-order valence-electron chi connectivity index (χ2n) is 7.16. The van der Waals surface area contributed by atoms with Gasteiger partial charge in [0.25, 0.3) is 5.91 Å². The Balaban J connectivity index is 1.35. The third-order valence-corrected chi connectivity index (χ3v) is 6.36. The van der Waals surface area contributed by atoms with Gasteiger partial charge in [0.2, 0.25) is 0 Å². The van der Waals surface area contributed by atoms with E-state index in [2.05, 4.69) is 0 Å². The van der Waals surface area contributed by atoms with Crippen LogP contribution in [0, 0.1) is 0 Å². The van der Waals surface area contributed by atoms with Crippen molar-refractivity contribution in [2.45, 2.75) is 31.7 Å². The zero-order valence-corrected chi connectivity index (χ0v) is 15.8. The maximum Gasteiger partial charge on any atom is 0.335 e. The monoisotopic (exact) mass is 390 g/mol. The maximum atomic E-state index is 12.6. The molecule has 0 bridgehead atoms. The molecule has 0 aromatic carbocycles. The first-order valence-corrected chi connectivity index (χ1v) is 10.2. The van der Waals surface area contributed by atoms with Crippen molar-refractivity contribution in [3.63, 3.8) is 0 Å². The average molecular weight is 390 g/mol. The van der Waals surface area contributed by atoms with Crippen molar-refractivity contribution in [2.24, 2.45) is 0 Å². The molecule has 2 aliphatic heterocycles. The predicted octanol–water partition coefficient (Wildman–Crippen LogP) is 1.20. The van der Waals surface area contributed by atoms with E-state index in [9.17, 15) is 19.2 Å². The molecule has 0 unspecified atom stereocenters. The highest BCUT2D eigenvalue weighted by Crippen LogP contribution is 2.28. The molecule has 0 N–H and O–H groups in total. The molecule has 27 heavy (non-hydrogen) atoms. The van der Waals surface area contributed by atoms with E-state index in [0.717, 1.165) is 35.5 Å². The number of amides is 5. The summed E-state index contributed by atoms with van der Waals surface area (Å²) in [7, 11) is 0. The molecule has 3 aliphatic rings. The summed E-state index contributed by atoms with van der Waals surface area (Å²) in [5.74, 6) is -1.41. The van der Waals surface area contributed by atoms with Crippen LogP contribution in [0.5, 0.6) is 0 Å². The Bertz CT molecular complexity index is 751. The van der Waals surface area contributed by atoms with Gasteiger partial charge in [-0.25, -0.2) is 9.69 Å². The van der Waals surface area contributed by atoms with Gasteiger partial charge in [-0.05, 0) is 24.3 Å². The molecular weight excluding hydrogens is 368 g/mol. The van der Waals surface area contributed by atoms with Crippen LogP contribution in [0.2, 0.25) is 0 Å². The van der Waals surface area contributed by atoms with Crippen LogP contribution in [0.1, 0.15) is 35.4 Å². The zero-order chi connectivity index (χ0) is 19.0. The van der Waals surface area contributed by atoms with Crippen molar-refractivity contribution in [1.29, 1.82) is 0 Å². The second kappa shape index (κ2) is 7.40. The Morgan fingerprint density at radius 1 is 1.04 bits per heavy atom. The van der Waals surface area contributed by atoms with Crippen LogP contribution >= 0.6 is 11.3 Å². The SMILES string of the molecule is O=C(c1cccs1)N1CCN(CN2C(=O)C(=O)N(C3CCCC3)C2=O)CC1. The van der Waals surface area contributed by atoms with Gasteiger partial charge >= 0.3 is 17.8 Å². The van der Waals surface area contributed by atoms with E-state index in [-0.39, 0.29) is 18.6 Å². The summed E-state index contributed by atoms with van der Waals surface area (Å²) in [4.78, 5) is 56.3. The van der Waals surface area contributed by atoms with Gasteiger partial charge in [-0.3, -0.25) is 24.2 Å². The van der Waals surface area contributed by atoms with Gasteiger partial charge in [0, 0.05) is 32.2 Å². The normalized spacial score (nSPS) is 22.4. The Morgan fingerprint density at radius 3 is 2.37 bits per heavy atom. The maximum absolute atomic E-state index is 12.6. The van der Waals surface area contributed by atoms with E-state index in [1.165, 1.54) is 11.3 Å². The molecule has 0 spiro atoms. The first-order chi connectivity index (χ1) is 13.1. The van der Waals surface area contributed by atoms with Crippen molar-refractivity contribution in [1.82, 2.24) is 19.6 Å². The molecule has 144 valence electrons. The van der Waals surface area contributed by atoms with Crippen LogP contribution in [0.3, 0.4) is 0 Å². The fourth-order valence-electron chi connectivity index (χ4n) is 3.98. The average Bonchev–Trinajstić information content (AvgIpc) is 3.42. The highest BCUT2D eigenvalue weighted by atomic mass is 32.1. The van der Waals surface area contributed by atoms with Crippen molar-refractivity contribution in [2.75, 3.05) is 32.8 Å². The summed E-state index contributed by atoms with van der Waals surface area (Å²) in [5.41, 5.74) is 0. The summed E-state index contributed by atoms with van der Waals surface area (Å²) in [6.07, 6.45) is 3.52. The molecule has 3 fully saturated rings. The number of imide groups is 2. The molecule has 5 amide bonds. The minimum absolute atomic E-state index is 0.0144.